The first kappa shape index (κ1) is 18.9. The predicted molar refractivity (Wildman–Crippen MR) is 108 cm³/mol. The summed E-state index contributed by atoms with van der Waals surface area (Å²) in [5.41, 5.74) is 4.43. The maximum atomic E-state index is 12.6. The maximum absolute atomic E-state index is 12.6. The van der Waals surface area contributed by atoms with E-state index in [0.29, 0.717) is 18.7 Å². The maximum Gasteiger partial charge on any atom is 0.255 e. The number of benzene rings is 1. The predicted octanol–water partition coefficient (Wildman–Crippen LogP) is 3.76. The quantitative estimate of drug-likeness (QED) is 0.636. The van der Waals surface area contributed by atoms with Gasteiger partial charge < -0.3 is 14.8 Å². The number of amides is 1. The van der Waals surface area contributed by atoms with E-state index in [1.165, 1.54) is 0 Å². The lowest BCUT2D eigenvalue weighted by Gasteiger charge is -2.22. The number of aromatic nitrogens is 2. The lowest BCUT2D eigenvalue weighted by Crippen LogP contribution is -2.23. The van der Waals surface area contributed by atoms with Gasteiger partial charge in [0.25, 0.3) is 5.91 Å². The average Bonchev–Trinajstić information content (AvgIpc) is 3.43. The minimum absolute atomic E-state index is 0.140. The van der Waals surface area contributed by atoms with Gasteiger partial charge in [0, 0.05) is 30.7 Å². The highest BCUT2D eigenvalue weighted by atomic mass is 32.1. The first-order chi connectivity index (χ1) is 13.8. The minimum Gasteiger partial charge on any atom is -0.381 e. The fourth-order valence-electron chi connectivity index (χ4n) is 3.25. The van der Waals surface area contributed by atoms with E-state index >= 15 is 0 Å². The standard InChI is InChI=1S/C21H23N3O3S/c25-21(19-12-23-24-20(19)17-6-9-28-14-17)22-11-15-2-1-3-16(10-15)13-27-18-4-7-26-8-5-18/h1-3,6,9-10,12,14,18H,4-5,7-8,11,13H2,(H,22,25)(H,23,24). The molecule has 4 rings (SSSR count). The Bertz CT molecular complexity index is 901. The van der Waals surface area contributed by atoms with Gasteiger partial charge in [-0.05, 0) is 35.4 Å². The van der Waals surface area contributed by atoms with Gasteiger partial charge in [-0.2, -0.15) is 16.4 Å². The molecule has 1 amide bonds. The zero-order valence-corrected chi connectivity index (χ0v) is 16.3. The summed E-state index contributed by atoms with van der Waals surface area (Å²) >= 11 is 1.59. The number of hydrogen-bond donors (Lipinski definition) is 2. The van der Waals surface area contributed by atoms with Crippen LogP contribution >= 0.6 is 11.3 Å². The van der Waals surface area contributed by atoms with Gasteiger partial charge in [-0.3, -0.25) is 9.89 Å². The number of carbonyl (C=O) groups excluding carboxylic acids is 1. The van der Waals surface area contributed by atoms with Crippen LogP contribution in [0.15, 0.2) is 47.3 Å². The number of aromatic amines is 1. The van der Waals surface area contributed by atoms with Gasteiger partial charge in [0.1, 0.15) is 0 Å². The summed E-state index contributed by atoms with van der Waals surface area (Å²) in [4.78, 5) is 12.6. The summed E-state index contributed by atoms with van der Waals surface area (Å²) in [6, 6.07) is 10.1. The topological polar surface area (TPSA) is 76.2 Å². The van der Waals surface area contributed by atoms with Crippen LogP contribution in [0.1, 0.15) is 34.3 Å². The van der Waals surface area contributed by atoms with E-state index in [1.54, 1.807) is 17.5 Å². The summed E-state index contributed by atoms with van der Waals surface area (Å²) in [5, 5.41) is 13.9. The monoisotopic (exact) mass is 397 g/mol. The van der Waals surface area contributed by atoms with Crippen molar-refractivity contribution in [3.05, 3.63) is 64.0 Å². The Morgan fingerprint density at radius 1 is 1.29 bits per heavy atom. The van der Waals surface area contributed by atoms with Crippen molar-refractivity contribution in [1.29, 1.82) is 0 Å². The molecule has 3 heterocycles. The molecule has 0 atom stereocenters. The number of H-pyrrole nitrogens is 1. The van der Waals surface area contributed by atoms with E-state index in [-0.39, 0.29) is 12.0 Å². The highest BCUT2D eigenvalue weighted by Crippen LogP contribution is 2.23. The summed E-state index contributed by atoms with van der Waals surface area (Å²) in [5.74, 6) is -0.140. The Morgan fingerprint density at radius 3 is 2.96 bits per heavy atom. The molecular formula is C21H23N3O3S. The first-order valence-electron chi connectivity index (χ1n) is 9.41. The molecule has 7 heteroatoms. The molecule has 2 N–H and O–H groups in total. The molecule has 146 valence electrons. The third-order valence-corrected chi connectivity index (χ3v) is 5.48. The van der Waals surface area contributed by atoms with Crippen molar-refractivity contribution in [3.63, 3.8) is 0 Å². The third kappa shape index (κ3) is 4.67. The summed E-state index contributed by atoms with van der Waals surface area (Å²) in [6.07, 6.45) is 3.74. The van der Waals surface area contributed by atoms with Crippen molar-refractivity contribution < 1.29 is 14.3 Å². The largest absolute Gasteiger partial charge is 0.381 e. The number of nitrogens with zero attached hydrogens (tertiary/aromatic N) is 1. The number of thiophene rings is 1. The van der Waals surface area contributed by atoms with Crippen LogP contribution in [0.3, 0.4) is 0 Å². The van der Waals surface area contributed by atoms with Crippen molar-refractivity contribution in [2.75, 3.05) is 13.2 Å². The minimum atomic E-state index is -0.140. The molecule has 1 aromatic carbocycles. The third-order valence-electron chi connectivity index (χ3n) is 4.79. The Kier molecular flexibility index (Phi) is 6.16. The van der Waals surface area contributed by atoms with Crippen LogP contribution in [0.5, 0.6) is 0 Å². The first-order valence-corrected chi connectivity index (χ1v) is 10.3. The molecule has 1 aliphatic rings. The van der Waals surface area contributed by atoms with Crippen LogP contribution in [0, 0.1) is 0 Å². The van der Waals surface area contributed by atoms with Gasteiger partial charge in [-0.25, -0.2) is 0 Å². The molecule has 0 aliphatic carbocycles. The van der Waals surface area contributed by atoms with Crippen LogP contribution in [-0.4, -0.2) is 35.4 Å². The number of carbonyl (C=O) groups is 1. The fourth-order valence-corrected chi connectivity index (χ4v) is 3.90. The molecular weight excluding hydrogens is 374 g/mol. The van der Waals surface area contributed by atoms with Crippen molar-refractivity contribution in [2.24, 2.45) is 0 Å². The SMILES string of the molecule is O=C(NCc1cccc(COC2CCOCC2)c1)c1cn[nH]c1-c1ccsc1. The van der Waals surface area contributed by atoms with Crippen molar-refractivity contribution in [3.8, 4) is 11.3 Å². The van der Waals surface area contributed by atoms with E-state index in [9.17, 15) is 4.79 Å². The normalized spacial score (nSPS) is 14.9. The summed E-state index contributed by atoms with van der Waals surface area (Å²) < 4.78 is 11.3. The smallest absolute Gasteiger partial charge is 0.255 e. The molecule has 3 aromatic rings. The molecule has 1 aliphatic heterocycles. The van der Waals surface area contributed by atoms with E-state index in [0.717, 1.165) is 48.4 Å². The molecule has 0 unspecified atom stereocenters. The zero-order chi connectivity index (χ0) is 19.2. The second kappa shape index (κ2) is 9.14. The molecule has 6 nitrogen and oxygen atoms in total. The fraction of sp³-hybridized carbons (Fsp3) is 0.333. The Labute approximate surface area is 167 Å². The highest BCUT2D eigenvalue weighted by Gasteiger charge is 2.16. The van der Waals surface area contributed by atoms with Gasteiger partial charge in [-0.15, -0.1) is 0 Å². The van der Waals surface area contributed by atoms with Crippen LogP contribution < -0.4 is 5.32 Å². The molecule has 2 aromatic heterocycles. The number of ether oxygens (including phenoxy) is 2. The van der Waals surface area contributed by atoms with E-state index in [1.807, 2.05) is 29.0 Å². The van der Waals surface area contributed by atoms with Gasteiger partial charge in [0.05, 0.1) is 30.2 Å². The van der Waals surface area contributed by atoms with Crippen LogP contribution in [-0.2, 0) is 22.6 Å². The molecule has 1 saturated heterocycles. The van der Waals surface area contributed by atoms with Gasteiger partial charge >= 0.3 is 0 Å². The number of nitrogens with one attached hydrogen (secondary N) is 2. The van der Waals surface area contributed by atoms with Gasteiger partial charge in [0.15, 0.2) is 0 Å². The molecule has 1 fully saturated rings. The lowest BCUT2D eigenvalue weighted by atomic mass is 10.1. The van der Waals surface area contributed by atoms with Crippen LogP contribution in [0.2, 0.25) is 0 Å². The van der Waals surface area contributed by atoms with E-state index < -0.39 is 0 Å². The summed E-state index contributed by atoms with van der Waals surface area (Å²) in [7, 11) is 0. The number of hydrogen-bond acceptors (Lipinski definition) is 5. The number of rotatable bonds is 7. The van der Waals surface area contributed by atoms with E-state index in [2.05, 4.69) is 27.6 Å². The lowest BCUT2D eigenvalue weighted by molar-refractivity contribution is -0.0390. The molecule has 0 radical (unpaired) electrons. The van der Waals surface area contributed by atoms with Crippen LogP contribution in [0.25, 0.3) is 11.3 Å². The second-order valence-corrected chi connectivity index (χ2v) is 7.58. The summed E-state index contributed by atoms with van der Waals surface area (Å²) in [6.45, 7) is 2.59. The van der Waals surface area contributed by atoms with Crippen molar-refractivity contribution >= 4 is 17.2 Å². The Morgan fingerprint density at radius 2 is 2.14 bits per heavy atom. The Balaban J connectivity index is 1.34. The van der Waals surface area contributed by atoms with Gasteiger partial charge in [0.2, 0.25) is 0 Å². The van der Waals surface area contributed by atoms with Crippen molar-refractivity contribution in [1.82, 2.24) is 15.5 Å². The molecule has 0 saturated carbocycles. The zero-order valence-electron chi connectivity index (χ0n) is 15.5. The molecule has 28 heavy (non-hydrogen) atoms. The highest BCUT2D eigenvalue weighted by molar-refractivity contribution is 7.08. The van der Waals surface area contributed by atoms with Gasteiger partial charge in [-0.1, -0.05) is 24.3 Å². The van der Waals surface area contributed by atoms with Crippen LogP contribution in [0.4, 0.5) is 0 Å². The van der Waals surface area contributed by atoms with E-state index in [4.69, 9.17) is 9.47 Å². The Hall–Kier alpha value is -2.48. The second-order valence-electron chi connectivity index (χ2n) is 6.80. The van der Waals surface area contributed by atoms with Crippen molar-refractivity contribution in [2.45, 2.75) is 32.1 Å². The molecule has 0 spiro atoms. The average molecular weight is 398 g/mol. The molecule has 0 bridgehead atoms.